The first-order chi connectivity index (χ1) is 57.1. The molecule has 10 nitrogen and oxygen atoms in total. The van der Waals surface area contributed by atoms with Crippen molar-refractivity contribution in [3.05, 3.63) is 94.7 Å². The van der Waals surface area contributed by atoms with Gasteiger partial charge in [0.2, 0.25) is 0 Å². The van der Waals surface area contributed by atoms with Gasteiger partial charge in [0, 0.05) is 32.1 Å². The largest absolute Gasteiger partial charge is 0.295 e. The lowest BCUT2D eigenvalue weighted by atomic mass is 9.43. The summed E-state index contributed by atoms with van der Waals surface area (Å²) >= 11 is 0. The number of fused-ring (bicyclic) bond motifs is 36. The Morgan fingerprint density at radius 1 is 0.333 bits per heavy atom. The minimum absolute atomic E-state index is 0.143. The van der Waals surface area contributed by atoms with Crippen LogP contribution in [0.2, 0.25) is 0 Å². The molecule has 0 aromatic rings. The van der Waals surface area contributed by atoms with Crippen molar-refractivity contribution in [1.82, 2.24) is 0 Å². The number of nitrogens with zero attached hydrogens (tertiary/aromatic N) is 5. The summed E-state index contributed by atoms with van der Waals surface area (Å²) in [6.07, 6.45) is 49.4. The Hall–Kier alpha value is -6.28. The summed E-state index contributed by atoms with van der Waals surface area (Å²) in [4.78, 5) is 60.0. The van der Waals surface area contributed by atoms with Crippen LogP contribution in [0, 0.1) is 300 Å². The van der Waals surface area contributed by atoms with Gasteiger partial charge >= 0.3 is 0 Å². The highest BCUT2D eigenvalue weighted by Crippen LogP contribution is 2.83. The molecule has 0 saturated heterocycles. The number of allylic oxidation sites excluding steroid dienone is 10. The summed E-state index contributed by atoms with van der Waals surface area (Å²) in [5.41, 5.74) is 11.9. The molecule has 0 N–H and O–H groups in total. The second kappa shape index (κ2) is 26.2. The van der Waals surface area contributed by atoms with E-state index < -0.39 is 0 Å². The molecule has 0 amide bonds. The van der Waals surface area contributed by atoms with E-state index >= 15 is 0 Å². The smallest absolute Gasteiger partial charge is 0.156 e. The van der Waals surface area contributed by atoms with Crippen molar-refractivity contribution in [2.75, 3.05) is 0 Å². The van der Waals surface area contributed by atoms with Crippen LogP contribution >= 0.6 is 0 Å². The van der Waals surface area contributed by atoms with Crippen LogP contribution in [0.25, 0.3) is 0 Å². The van der Waals surface area contributed by atoms with Gasteiger partial charge in [0.1, 0.15) is 0 Å². The lowest BCUT2D eigenvalue weighted by molar-refractivity contribution is -0.119. The third kappa shape index (κ3) is 10.6. The molecule has 120 heavy (non-hydrogen) atoms. The zero-order valence-electron chi connectivity index (χ0n) is 74.6. The standard InChI is InChI=1S/C23H29NO.C22H29NO.2C22H27NO.C21H25NO/c1-21-5-3-13(25)9-19(21)23(7-8-23)11-16-17(21)4-6-22(2)18(12-24)14-10-15(14)20(16)22;3*1-12-8-16-17(21(2)6-4-13(24)9-18(12)21)5-7-22(3)19(11-23)14-10-15(14)20(16)22;1-20-7-5-13(23)9-12(20)3-4-14-17(20)6-8-21(2)18(11-22)15-10-16(15)19(14)21/h9,14-18,20H,3-8,10-11H2,1-2H3;9,12,14-17,19-20H,4-8,10H2,1-3H3;2*9,14-17,19-20H,1,4-8,10H2,2-3H3;3-4,9,14-19H,5-8,10H2,1-2H3/t14-,15+,16-,17+,18+,20+,21-,22-;12-,14-,15+,16+,17-,19-,20-,21+,22+;14-,15+,16+,17-,19-,20-,21+,22+;14-,15+,16-,17+,19+,20+,21-,22-;14-,15+,16-,17+,18+,19-,20+,21-/m10011/s1. The molecular weight excluding hydrogens is 1470 g/mol. The predicted octanol–water partition coefficient (Wildman–Crippen LogP) is 23.3. The van der Waals surface area contributed by atoms with Crippen molar-refractivity contribution < 1.29 is 24.0 Å². The number of carbonyl (C=O) groups is 5. The van der Waals surface area contributed by atoms with Crippen molar-refractivity contribution in [2.24, 2.45) is 243 Å². The lowest BCUT2D eigenvalue weighted by Crippen LogP contribution is -2.54. The fourth-order valence-corrected chi connectivity index (χ4v) is 39.8. The van der Waals surface area contributed by atoms with Crippen LogP contribution < -0.4 is 0 Å². The second-order valence-electron chi connectivity index (χ2n) is 49.9. The summed E-state index contributed by atoms with van der Waals surface area (Å²) in [6, 6.07) is 13.5. The van der Waals surface area contributed by atoms with Gasteiger partial charge in [-0.25, -0.2) is 0 Å². The summed E-state index contributed by atoms with van der Waals surface area (Å²) in [5, 5.41) is 48.9. The first kappa shape index (κ1) is 79.6. The van der Waals surface area contributed by atoms with Crippen molar-refractivity contribution >= 4 is 28.9 Å². The topological polar surface area (TPSA) is 204 Å². The van der Waals surface area contributed by atoms with E-state index in [1.165, 1.54) is 155 Å². The van der Waals surface area contributed by atoms with E-state index in [0.29, 0.717) is 143 Å². The fraction of sp³-hybridized carbons (Fsp3) is 0.764. The number of rotatable bonds is 0. The maximum absolute atomic E-state index is 12.2. The van der Waals surface area contributed by atoms with Gasteiger partial charge in [-0.15, -0.1) is 0 Å². The Labute approximate surface area is 718 Å². The van der Waals surface area contributed by atoms with Gasteiger partial charge in [-0.05, 0) is 427 Å². The molecular formula is C110H137N5O5. The highest BCUT2D eigenvalue weighted by Gasteiger charge is 2.78. The molecule has 0 aromatic carbocycles. The van der Waals surface area contributed by atoms with Crippen LogP contribution in [0.4, 0.5) is 0 Å². The minimum atomic E-state index is 0.143. The minimum Gasteiger partial charge on any atom is -0.295 e. The van der Waals surface area contributed by atoms with Gasteiger partial charge in [-0.3, -0.25) is 24.0 Å². The average Bonchev–Trinajstić information content (AvgIpc) is 1.55. The van der Waals surface area contributed by atoms with E-state index in [1.54, 1.807) is 5.57 Å². The van der Waals surface area contributed by atoms with E-state index in [4.69, 9.17) is 0 Å². The van der Waals surface area contributed by atoms with E-state index in [2.05, 4.69) is 138 Å². The third-order valence-electron chi connectivity index (χ3n) is 45.4. The second-order valence-corrected chi connectivity index (χ2v) is 49.9. The third-order valence-corrected chi connectivity index (χ3v) is 45.4. The molecule has 0 aliphatic heterocycles. The van der Waals surface area contributed by atoms with Gasteiger partial charge in [0.05, 0.1) is 59.9 Å². The zero-order chi connectivity index (χ0) is 83.7. The first-order valence-electron chi connectivity index (χ1n) is 49.4. The normalized spacial score (nSPS) is 56.0. The molecule has 41 atom stereocenters. The molecule has 0 heterocycles. The Balaban J connectivity index is 0.0000000901. The van der Waals surface area contributed by atoms with Crippen molar-refractivity contribution in [3.8, 4) is 30.3 Å². The van der Waals surface area contributed by atoms with Crippen molar-refractivity contribution in [2.45, 2.75) is 275 Å². The highest BCUT2D eigenvalue weighted by atomic mass is 16.1. The zero-order valence-corrected chi connectivity index (χ0v) is 74.6. The van der Waals surface area contributed by atoms with Gasteiger partial charge < -0.3 is 0 Å². The van der Waals surface area contributed by atoms with E-state index in [1.807, 2.05) is 24.3 Å². The molecule has 26 aliphatic rings. The Bertz CT molecular complexity index is 4890. The molecule has 0 bridgehead atoms. The SMILES string of the molecule is C=C1C[C@H]2[C@@H]3[C@@H]4C[C@@H]4[C@H](C#N)[C@@]3(C)CC[C@@H]2[C@@]2(C)CCC(=O)C=C12.C=C1C[C@H]2[C@@H]3[C@H]4C[C@H]4[C@H](C#N)[C@@]3(C)CC[C@@H]2[C@@]2(C)CCC(=O)C=C12.C[C@H]1C[C@H]2[C@@H]3[C@@H]4C[C@@H]4[C@H](C#N)[C@@]3(C)CC[C@@H]2[C@@]2(C)CCC(=O)C=C12.C[C@]12CC[C@H]3[C@@H](C=CC4=CC(=O)CC[C@@]43C)[C@@H]1[C@@H]1C[C@@H]1[C@@H]2C#N.C[C@]12CC[C@H]3[C@@H](CC4(CC4)C4=CC(=O)CC[C@@]43C)[C@@H]1[C@H]1C[C@H]1[C@@H]2C#N. The molecule has 632 valence electrons. The van der Waals surface area contributed by atoms with Crippen LogP contribution in [-0.2, 0) is 24.0 Å². The monoisotopic (exact) mass is 1610 g/mol. The fourth-order valence-electron chi connectivity index (χ4n) is 39.8. The number of nitriles is 5. The molecule has 0 aromatic heterocycles. The molecule has 26 aliphatic carbocycles. The maximum atomic E-state index is 12.2. The van der Waals surface area contributed by atoms with Gasteiger partial charge in [0.15, 0.2) is 28.9 Å². The van der Waals surface area contributed by atoms with E-state index in [-0.39, 0.29) is 83.5 Å². The van der Waals surface area contributed by atoms with Crippen LogP contribution in [0.1, 0.15) is 275 Å². The number of hydrogen-bond donors (Lipinski definition) is 0. The van der Waals surface area contributed by atoms with Crippen LogP contribution in [0.3, 0.4) is 0 Å². The molecule has 0 radical (unpaired) electrons. The Kier molecular flexibility index (Phi) is 17.4. The number of ketones is 5. The van der Waals surface area contributed by atoms with Crippen molar-refractivity contribution in [1.29, 1.82) is 26.3 Å². The molecule has 20 fully saturated rings. The van der Waals surface area contributed by atoms with Crippen LogP contribution in [-0.4, -0.2) is 28.9 Å². The molecule has 1 spiro atoms. The Morgan fingerprint density at radius 2 is 0.667 bits per heavy atom. The summed E-state index contributed by atoms with van der Waals surface area (Å²) in [7, 11) is 0. The van der Waals surface area contributed by atoms with E-state index in [9.17, 15) is 50.3 Å². The highest BCUT2D eigenvalue weighted by molar-refractivity contribution is 5.94. The van der Waals surface area contributed by atoms with E-state index in [0.717, 1.165) is 123 Å². The number of carbonyl (C=O) groups excluding carboxylic acids is 5. The summed E-state index contributed by atoms with van der Waals surface area (Å²) < 4.78 is 0. The molecule has 26 rings (SSSR count). The van der Waals surface area contributed by atoms with Crippen LogP contribution in [0.15, 0.2) is 94.7 Å². The summed E-state index contributed by atoms with van der Waals surface area (Å²) in [5.74, 6) is 21.9. The lowest BCUT2D eigenvalue weighted by Gasteiger charge is -2.60. The predicted molar refractivity (Wildman–Crippen MR) is 461 cm³/mol. The van der Waals surface area contributed by atoms with Crippen molar-refractivity contribution in [3.63, 3.8) is 0 Å². The van der Waals surface area contributed by atoms with Gasteiger partial charge in [0.25, 0.3) is 0 Å². The van der Waals surface area contributed by atoms with Gasteiger partial charge in [-0.1, -0.05) is 124 Å². The van der Waals surface area contributed by atoms with Crippen LogP contribution in [0.5, 0.6) is 0 Å². The quantitative estimate of drug-likeness (QED) is 0.224. The average molecular weight is 1610 g/mol. The number of hydrogen-bond acceptors (Lipinski definition) is 10. The molecule has 20 saturated carbocycles. The molecule has 0 unspecified atom stereocenters. The Morgan fingerprint density at radius 3 is 1.09 bits per heavy atom. The first-order valence-corrected chi connectivity index (χ1v) is 49.4. The maximum Gasteiger partial charge on any atom is 0.156 e. The molecule has 10 heteroatoms. The van der Waals surface area contributed by atoms with Gasteiger partial charge in [-0.2, -0.15) is 26.3 Å². The summed E-state index contributed by atoms with van der Waals surface area (Å²) in [6.45, 7) is 35.4.